The second-order valence-electron chi connectivity index (χ2n) is 10.4. The van der Waals surface area contributed by atoms with E-state index in [1.165, 1.54) is 61.0 Å². The Hall–Kier alpha value is -2.40. The maximum atomic E-state index is 12.7. The number of anilines is 1. The van der Waals surface area contributed by atoms with Crippen molar-refractivity contribution in [3.63, 3.8) is 0 Å². The Kier molecular flexibility index (Phi) is 4.39. The molecule has 1 aromatic heterocycles. The second kappa shape index (κ2) is 7.06. The molecule has 4 bridgehead atoms. The van der Waals surface area contributed by atoms with Crippen LogP contribution in [0.25, 0.3) is 10.2 Å². The summed E-state index contributed by atoms with van der Waals surface area (Å²) in [7, 11) is 0. The number of aryl methyl sites for hydroxylation is 1. The fourth-order valence-corrected chi connectivity index (χ4v) is 8.10. The molecule has 4 aliphatic carbocycles. The molecule has 2 unspecified atom stereocenters. The van der Waals surface area contributed by atoms with Crippen LogP contribution in [-0.4, -0.2) is 17.6 Å². The van der Waals surface area contributed by atoms with E-state index in [9.17, 15) is 4.79 Å². The van der Waals surface area contributed by atoms with E-state index in [0.717, 1.165) is 28.6 Å². The number of benzene rings is 2. The van der Waals surface area contributed by atoms with E-state index in [-0.39, 0.29) is 11.4 Å². The first-order chi connectivity index (χ1) is 15.0. The number of fused-ring (bicyclic) bond motifs is 1. The number of hydrogen-bond acceptors (Lipinski definition) is 3. The minimum Gasteiger partial charge on any atom is -0.337 e. The summed E-state index contributed by atoms with van der Waals surface area (Å²) < 4.78 is 1.10. The summed E-state index contributed by atoms with van der Waals surface area (Å²) in [5.74, 6) is 1.60. The number of para-hydroxylation sites is 1. The highest BCUT2D eigenvalue weighted by Gasteiger charge is 2.58. The average Bonchev–Trinajstić information content (AvgIpc) is 3.14. The van der Waals surface area contributed by atoms with Gasteiger partial charge < -0.3 is 5.32 Å². The molecular formula is C26H29N3OS. The normalized spacial score (nSPS) is 31.1. The zero-order valence-corrected chi connectivity index (χ0v) is 18.8. The van der Waals surface area contributed by atoms with Gasteiger partial charge in [0.25, 0.3) is 0 Å². The van der Waals surface area contributed by atoms with Gasteiger partial charge in [0.2, 0.25) is 0 Å². The number of carbonyl (C=O) groups excluding carboxylic acids is 1. The maximum Gasteiger partial charge on any atom is 0.321 e. The summed E-state index contributed by atoms with van der Waals surface area (Å²) in [6, 6.07) is 17.1. The molecule has 5 heteroatoms. The molecule has 0 aliphatic heterocycles. The molecule has 4 aliphatic rings. The Morgan fingerprint density at radius 2 is 1.81 bits per heavy atom. The Morgan fingerprint density at radius 1 is 1.06 bits per heavy atom. The zero-order valence-electron chi connectivity index (χ0n) is 18.0. The van der Waals surface area contributed by atoms with Gasteiger partial charge in [-0.15, -0.1) is 0 Å². The lowest BCUT2D eigenvalue weighted by molar-refractivity contribution is -0.0692. The summed E-state index contributed by atoms with van der Waals surface area (Å²) in [6.45, 7) is 2.93. The molecule has 160 valence electrons. The Bertz CT molecular complexity index is 1090. The highest BCUT2D eigenvalue weighted by molar-refractivity contribution is 7.22. The van der Waals surface area contributed by atoms with Crippen molar-refractivity contribution in [1.29, 1.82) is 0 Å². The number of aromatic nitrogens is 1. The zero-order chi connectivity index (χ0) is 21.1. The van der Waals surface area contributed by atoms with Crippen molar-refractivity contribution < 1.29 is 4.79 Å². The number of hydrogen-bond donors (Lipinski definition) is 2. The average molecular weight is 432 g/mol. The first-order valence-corrected chi connectivity index (χ1v) is 12.3. The first-order valence-electron chi connectivity index (χ1n) is 11.5. The molecular weight excluding hydrogens is 402 g/mol. The van der Waals surface area contributed by atoms with Crippen LogP contribution < -0.4 is 10.6 Å². The summed E-state index contributed by atoms with van der Waals surface area (Å²) >= 11 is 1.53. The molecule has 4 saturated carbocycles. The van der Waals surface area contributed by atoms with Crippen LogP contribution in [0.4, 0.5) is 9.93 Å². The lowest BCUT2D eigenvalue weighted by Gasteiger charge is -2.62. The molecule has 31 heavy (non-hydrogen) atoms. The van der Waals surface area contributed by atoms with Gasteiger partial charge in [-0.05, 0) is 85.8 Å². The lowest BCUT2D eigenvalue weighted by atomic mass is 9.43. The fraction of sp³-hybridized carbons (Fsp3) is 0.462. The highest BCUT2D eigenvalue weighted by atomic mass is 32.1. The summed E-state index contributed by atoms with van der Waals surface area (Å²) in [6.07, 6.45) is 7.76. The van der Waals surface area contributed by atoms with E-state index < -0.39 is 0 Å². The van der Waals surface area contributed by atoms with Crippen molar-refractivity contribution in [1.82, 2.24) is 10.3 Å². The van der Waals surface area contributed by atoms with Crippen molar-refractivity contribution >= 4 is 32.7 Å². The quantitative estimate of drug-likeness (QED) is 0.512. The molecule has 0 saturated heterocycles. The standard InChI is InChI=1S/C26H29N3OS/c1-17-6-8-20(9-7-17)26-13-18-10-19(14-26)12-25(11-18,15-26)16-27-23(30)29-24-28-21-4-2-3-5-22(21)31-24/h2-9,18-19H,10-16H2,1H3,(H2,27,28,29,30). The second-order valence-corrected chi connectivity index (χ2v) is 11.4. The monoisotopic (exact) mass is 431 g/mol. The van der Waals surface area contributed by atoms with Crippen LogP contribution in [0.2, 0.25) is 0 Å². The molecule has 2 aromatic carbocycles. The number of thiazole rings is 1. The van der Waals surface area contributed by atoms with E-state index in [2.05, 4.69) is 46.8 Å². The van der Waals surface area contributed by atoms with Gasteiger partial charge in [-0.25, -0.2) is 9.78 Å². The molecule has 2 amide bonds. The largest absolute Gasteiger partial charge is 0.337 e. The Labute approximate surface area is 187 Å². The fourth-order valence-electron chi connectivity index (χ4n) is 7.24. The van der Waals surface area contributed by atoms with Gasteiger partial charge in [0.15, 0.2) is 5.13 Å². The van der Waals surface area contributed by atoms with E-state index >= 15 is 0 Å². The first kappa shape index (κ1) is 19.3. The molecule has 3 aromatic rings. The number of urea groups is 1. The van der Waals surface area contributed by atoms with Crippen LogP contribution in [0.15, 0.2) is 48.5 Å². The predicted octanol–water partition coefficient (Wildman–Crippen LogP) is 6.26. The van der Waals surface area contributed by atoms with Gasteiger partial charge in [-0.2, -0.15) is 0 Å². The van der Waals surface area contributed by atoms with Crippen molar-refractivity contribution in [2.45, 2.75) is 50.9 Å². The van der Waals surface area contributed by atoms with Gasteiger partial charge in [0, 0.05) is 6.54 Å². The van der Waals surface area contributed by atoms with Gasteiger partial charge in [-0.1, -0.05) is 53.3 Å². The van der Waals surface area contributed by atoms with Crippen molar-refractivity contribution in [3.05, 3.63) is 59.7 Å². The maximum absolute atomic E-state index is 12.7. The van der Waals surface area contributed by atoms with E-state index in [1.807, 2.05) is 24.3 Å². The van der Waals surface area contributed by atoms with E-state index in [0.29, 0.717) is 10.5 Å². The number of rotatable bonds is 4. The van der Waals surface area contributed by atoms with E-state index in [4.69, 9.17) is 0 Å². The molecule has 4 fully saturated rings. The smallest absolute Gasteiger partial charge is 0.321 e. The molecule has 1 heterocycles. The SMILES string of the molecule is Cc1ccc(C23CC4CC(CC(CNC(=O)Nc5nc6ccccc6s5)(C4)C2)C3)cc1. The van der Waals surface area contributed by atoms with E-state index in [1.54, 1.807) is 0 Å². The number of amides is 2. The molecule has 2 atom stereocenters. The molecule has 2 N–H and O–H groups in total. The van der Waals surface area contributed by atoms with Crippen LogP contribution in [0.1, 0.15) is 49.7 Å². The van der Waals surface area contributed by atoms with Gasteiger partial charge in [-0.3, -0.25) is 5.32 Å². The number of nitrogens with one attached hydrogen (secondary N) is 2. The molecule has 7 rings (SSSR count). The van der Waals surface area contributed by atoms with Crippen LogP contribution >= 0.6 is 11.3 Å². The van der Waals surface area contributed by atoms with Gasteiger partial charge in [0.05, 0.1) is 10.2 Å². The van der Waals surface area contributed by atoms with Crippen LogP contribution in [-0.2, 0) is 5.41 Å². The van der Waals surface area contributed by atoms with Crippen LogP contribution in [0.3, 0.4) is 0 Å². The summed E-state index contributed by atoms with van der Waals surface area (Å²) in [5, 5.41) is 6.86. The minimum absolute atomic E-state index is 0.126. The Morgan fingerprint density at radius 3 is 2.55 bits per heavy atom. The molecule has 4 nitrogen and oxygen atoms in total. The number of nitrogens with zero attached hydrogens (tertiary/aromatic N) is 1. The predicted molar refractivity (Wildman–Crippen MR) is 127 cm³/mol. The van der Waals surface area contributed by atoms with Gasteiger partial charge >= 0.3 is 6.03 Å². The van der Waals surface area contributed by atoms with Gasteiger partial charge in [0.1, 0.15) is 0 Å². The van der Waals surface area contributed by atoms with Crippen molar-refractivity contribution in [3.8, 4) is 0 Å². The third-order valence-electron chi connectivity index (χ3n) is 7.98. The van der Waals surface area contributed by atoms with Crippen LogP contribution in [0.5, 0.6) is 0 Å². The third-order valence-corrected chi connectivity index (χ3v) is 8.94. The van der Waals surface area contributed by atoms with Crippen LogP contribution in [0, 0.1) is 24.2 Å². The lowest BCUT2D eigenvalue weighted by Crippen LogP contribution is -2.57. The van der Waals surface area contributed by atoms with Crippen molar-refractivity contribution in [2.75, 3.05) is 11.9 Å². The molecule has 0 spiro atoms. The summed E-state index contributed by atoms with van der Waals surface area (Å²) in [5.41, 5.74) is 4.33. The molecule has 0 radical (unpaired) electrons. The topological polar surface area (TPSA) is 54.0 Å². The minimum atomic E-state index is -0.126. The number of carbonyl (C=O) groups is 1. The highest BCUT2D eigenvalue weighted by Crippen LogP contribution is 2.65. The van der Waals surface area contributed by atoms with Crippen molar-refractivity contribution in [2.24, 2.45) is 17.3 Å². The third kappa shape index (κ3) is 3.43. The summed E-state index contributed by atoms with van der Waals surface area (Å²) in [4.78, 5) is 17.2. The Balaban J connectivity index is 1.18.